The Bertz CT molecular complexity index is 364. The number of hydrogen-bond acceptors (Lipinski definition) is 4. The van der Waals surface area contributed by atoms with Crippen molar-refractivity contribution in [2.24, 2.45) is 0 Å². The molecule has 0 saturated carbocycles. The van der Waals surface area contributed by atoms with E-state index in [1.807, 2.05) is 26.0 Å². The van der Waals surface area contributed by atoms with Gasteiger partial charge < -0.3 is 19.9 Å². The van der Waals surface area contributed by atoms with Crippen LogP contribution in [0.25, 0.3) is 0 Å². The van der Waals surface area contributed by atoms with Crippen molar-refractivity contribution in [2.45, 2.75) is 26.0 Å². The van der Waals surface area contributed by atoms with Gasteiger partial charge in [0.1, 0.15) is 11.5 Å². The SMILES string of the molecule is COc1ccc(CNCC(C)(C)OC)c(O)c1. The van der Waals surface area contributed by atoms with Crippen LogP contribution in [0.5, 0.6) is 11.5 Å². The second-order valence-electron chi connectivity index (χ2n) is 4.56. The highest BCUT2D eigenvalue weighted by molar-refractivity contribution is 5.39. The Balaban J connectivity index is 2.52. The Kier molecular flexibility index (Phi) is 4.78. The van der Waals surface area contributed by atoms with Crippen molar-refractivity contribution in [1.82, 2.24) is 5.32 Å². The molecule has 17 heavy (non-hydrogen) atoms. The molecule has 0 bridgehead atoms. The molecule has 0 spiro atoms. The smallest absolute Gasteiger partial charge is 0.123 e. The summed E-state index contributed by atoms with van der Waals surface area (Å²) in [5.74, 6) is 0.899. The molecule has 0 unspecified atom stereocenters. The largest absolute Gasteiger partial charge is 0.507 e. The fourth-order valence-corrected chi connectivity index (χ4v) is 1.39. The van der Waals surface area contributed by atoms with Gasteiger partial charge in [0.05, 0.1) is 12.7 Å². The monoisotopic (exact) mass is 239 g/mol. The van der Waals surface area contributed by atoms with Crippen molar-refractivity contribution in [2.75, 3.05) is 20.8 Å². The lowest BCUT2D eigenvalue weighted by Crippen LogP contribution is -2.36. The van der Waals surface area contributed by atoms with Crippen molar-refractivity contribution in [3.63, 3.8) is 0 Å². The summed E-state index contributed by atoms with van der Waals surface area (Å²) >= 11 is 0. The number of hydrogen-bond donors (Lipinski definition) is 2. The van der Waals surface area contributed by atoms with Gasteiger partial charge in [-0.1, -0.05) is 6.07 Å². The molecule has 96 valence electrons. The average molecular weight is 239 g/mol. The zero-order valence-electron chi connectivity index (χ0n) is 10.9. The van der Waals surface area contributed by atoms with Crippen LogP contribution in [0.2, 0.25) is 0 Å². The van der Waals surface area contributed by atoms with Crippen LogP contribution < -0.4 is 10.1 Å². The van der Waals surface area contributed by atoms with Crippen LogP contribution >= 0.6 is 0 Å². The number of phenols is 1. The summed E-state index contributed by atoms with van der Waals surface area (Å²) in [5, 5.41) is 13.0. The van der Waals surface area contributed by atoms with E-state index in [0.29, 0.717) is 12.3 Å². The standard InChI is InChI=1S/C13H21NO3/c1-13(2,17-4)9-14-8-10-5-6-11(16-3)7-12(10)15/h5-7,14-15H,8-9H2,1-4H3. The van der Waals surface area contributed by atoms with Crippen molar-refractivity contribution >= 4 is 0 Å². The molecule has 1 rings (SSSR count). The van der Waals surface area contributed by atoms with E-state index >= 15 is 0 Å². The van der Waals surface area contributed by atoms with Crippen molar-refractivity contribution < 1.29 is 14.6 Å². The Labute approximate surface area is 103 Å². The first kappa shape index (κ1) is 13.8. The van der Waals surface area contributed by atoms with Gasteiger partial charge in [0.15, 0.2) is 0 Å². The molecule has 1 aromatic rings. The minimum atomic E-state index is -0.206. The van der Waals surface area contributed by atoms with Crippen LogP contribution in [0.15, 0.2) is 18.2 Å². The summed E-state index contributed by atoms with van der Waals surface area (Å²) in [4.78, 5) is 0. The first-order valence-electron chi connectivity index (χ1n) is 5.60. The highest BCUT2D eigenvalue weighted by Gasteiger charge is 2.15. The summed E-state index contributed by atoms with van der Waals surface area (Å²) in [7, 11) is 3.26. The highest BCUT2D eigenvalue weighted by atomic mass is 16.5. The first-order chi connectivity index (χ1) is 7.98. The minimum Gasteiger partial charge on any atom is -0.507 e. The van der Waals surface area contributed by atoms with Gasteiger partial charge in [0.25, 0.3) is 0 Å². The lowest BCUT2D eigenvalue weighted by atomic mass is 10.1. The second kappa shape index (κ2) is 5.89. The lowest BCUT2D eigenvalue weighted by molar-refractivity contribution is 0.0230. The van der Waals surface area contributed by atoms with Gasteiger partial charge >= 0.3 is 0 Å². The molecular formula is C13H21NO3. The maximum atomic E-state index is 9.76. The maximum Gasteiger partial charge on any atom is 0.123 e. The molecule has 0 radical (unpaired) electrons. The van der Waals surface area contributed by atoms with E-state index in [1.165, 1.54) is 0 Å². The molecule has 0 aliphatic rings. The molecule has 1 aromatic carbocycles. The van der Waals surface area contributed by atoms with Crippen molar-refractivity contribution in [1.29, 1.82) is 0 Å². The third-order valence-corrected chi connectivity index (χ3v) is 2.71. The molecule has 0 heterocycles. The van der Waals surface area contributed by atoms with E-state index in [9.17, 15) is 5.11 Å². The van der Waals surface area contributed by atoms with Crippen LogP contribution in [0.4, 0.5) is 0 Å². The third kappa shape index (κ3) is 4.24. The van der Waals surface area contributed by atoms with Gasteiger partial charge in [-0.15, -0.1) is 0 Å². The predicted octanol–water partition coefficient (Wildman–Crippen LogP) is 1.92. The number of methoxy groups -OCH3 is 2. The second-order valence-corrected chi connectivity index (χ2v) is 4.56. The lowest BCUT2D eigenvalue weighted by Gasteiger charge is -2.23. The molecule has 0 fully saturated rings. The highest BCUT2D eigenvalue weighted by Crippen LogP contribution is 2.23. The van der Waals surface area contributed by atoms with Gasteiger partial charge in [-0.3, -0.25) is 0 Å². The minimum absolute atomic E-state index is 0.206. The molecule has 0 atom stereocenters. The topological polar surface area (TPSA) is 50.7 Å². The Morgan fingerprint density at radius 1 is 1.29 bits per heavy atom. The van der Waals surface area contributed by atoms with E-state index in [2.05, 4.69) is 5.32 Å². The normalized spacial score (nSPS) is 11.5. The van der Waals surface area contributed by atoms with Gasteiger partial charge in [-0.05, 0) is 19.9 Å². The predicted molar refractivity (Wildman–Crippen MR) is 67.5 cm³/mol. The molecule has 4 nitrogen and oxygen atoms in total. The number of phenolic OH excluding ortho intramolecular Hbond substituents is 1. The van der Waals surface area contributed by atoms with Gasteiger partial charge in [0.2, 0.25) is 0 Å². The molecule has 4 heteroatoms. The molecule has 2 N–H and O–H groups in total. The first-order valence-corrected chi connectivity index (χ1v) is 5.60. The fourth-order valence-electron chi connectivity index (χ4n) is 1.39. The number of aromatic hydroxyl groups is 1. The van der Waals surface area contributed by atoms with Crippen LogP contribution in [0, 0.1) is 0 Å². The van der Waals surface area contributed by atoms with Gasteiger partial charge in [0, 0.05) is 31.8 Å². The number of ether oxygens (including phenoxy) is 2. The number of nitrogens with one attached hydrogen (secondary N) is 1. The molecular weight excluding hydrogens is 218 g/mol. The van der Waals surface area contributed by atoms with Crippen LogP contribution in [-0.2, 0) is 11.3 Å². The van der Waals surface area contributed by atoms with E-state index in [-0.39, 0.29) is 11.4 Å². The third-order valence-electron chi connectivity index (χ3n) is 2.71. The van der Waals surface area contributed by atoms with Crippen LogP contribution in [-0.4, -0.2) is 31.5 Å². The van der Waals surface area contributed by atoms with Crippen LogP contribution in [0.3, 0.4) is 0 Å². The molecule has 0 saturated heterocycles. The van der Waals surface area contributed by atoms with Crippen LogP contribution in [0.1, 0.15) is 19.4 Å². The summed E-state index contributed by atoms with van der Waals surface area (Å²) in [5.41, 5.74) is 0.639. The average Bonchev–Trinajstić information content (AvgIpc) is 2.31. The number of rotatable bonds is 6. The van der Waals surface area contributed by atoms with Crippen molar-refractivity contribution in [3.05, 3.63) is 23.8 Å². The maximum absolute atomic E-state index is 9.76. The Morgan fingerprint density at radius 3 is 2.53 bits per heavy atom. The fraction of sp³-hybridized carbons (Fsp3) is 0.538. The Morgan fingerprint density at radius 2 is 2.00 bits per heavy atom. The summed E-state index contributed by atoms with van der Waals surface area (Å²) < 4.78 is 10.3. The van der Waals surface area contributed by atoms with Gasteiger partial charge in [-0.25, -0.2) is 0 Å². The Hall–Kier alpha value is -1.26. The quantitative estimate of drug-likeness (QED) is 0.796. The van der Waals surface area contributed by atoms with E-state index in [4.69, 9.17) is 9.47 Å². The van der Waals surface area contributed by atoms with Crippen molar-refractivity contribution in [3.8, 4) is 11.5 Å². The molecule has 0 aliphatic heterocycles. The van der Waals surface area contributed by atoms with Gasteiger partial charge in [-0.2, -0.15) is 0 Å². The number of benzene rings is 1. The molecule has 0 aromatic heterocycles. The zero-order valence-corrected chi connectivity index (χ0v) is 10.9. The zero-order chi connectivity index (χ0) is 12.9. The van der Waals surface area contributed by atoms with E-state index < -0.39 is 0 Å². The van der Waals surface area contributed by atoms with E-state index in [1.54, 1.807) is 20.3 Å². The summed E-state index contributed by atoms with van der Waals surface area (Å²) in [6, 6.07) is 5.29. The van der Waals surface area contributed by atoms with E-state index in [0.717, 1.165) is 12.1 Å². The summed E-state index contributed by atoms with van der Waals surface area (Å²) in [6.07, 6.45) is 0. The molecule has 0 aliphatic carbocycles. The molecule has 0 amide bonds. The summed E-state index contributed by atoms with van der Waals surface area (Å²) in [6.45, 7) is 5.33.